The number of nitrogens with one attached hydrogen (secondary N) is 1. The Morgan fingerprint density at radius 1 is 0.933 bits per heavy atom. The highest BCUT2D eigenvalue weighted by atomic mass is 16.5. The van der Waals surface area contributed by atoms with Crippen molar-refractivity contribution in [3.8, 4) is 17.2 Å². The highest BCUT2D eigenvalue weighted by molar-refractivity contribution is 5.86. The molecule has 1 aliphatic carbocycles. The van der Waals surface area contributed by atoms with Crippen LogP contribution in [-0.2, 0) is 0 Å². The summed E-state index contributed by atoms with van der Waals surface area (Å²) in [7, 11) is 1.52. The van der Waals surface area contributed by atoms with Crippen molar-refractivity contribution in [2.75, 3.05) is 19.0 Å². The standard InChI is InChI=1S/C13H11NO.C7H8O2.C3H8.C2H7N/c15-12-7-3-6-11-13(12)9-4-1-2-5-10(8-9)14-11;1-9-7-5-3-2-4-6(7)8;1-3-2;1-2-3/h1-7,14-15H,8H2;2-5,8H,1H3;3H2,1-2H3;2-3H2,1H3. The molecule has 1 aliphatic heterocycles. The van der Waals surface area contributed by atoms with Crippen molar-refractivity contribution in [2.45, 2.75) is 33.6 Å². The lowest BCUT2D eigenvalue weighted by Crippen LogP contribution is -2.08. The molecule has 0 radical (unpaired) electrons. The predicted octanol–water partition coefficient (Wildman–Crippen LogP) is 5.83. The van der Waals surface area contributed by atoms with Crippen LogP contribution in [0.5, 0.6) is 17.2 Å². The van der Waals surface area contributed by atoms with E-state index in [-0.39, 0.29) is 5.75 Å². The lowest BCUT2D eigenvalue weighted by molar-refractivity contribution is 0.373. The number of anilines is 1. The second-order valence-electron chi connectivity index (χ2n) is 6.56. The van der Waals surface area contributed by atoms with Crippen LogP contribution in [0.3, 0.4) is 0 Å². The number of methoxy groups -OCH3 is 1. The number of nitrogens with two attached hydrogens (primary N) is 1. The number of allylic oxidation sites excluding steroid dienone is 5. The minimum atomic E-state index is 0.181. The zero-order valence-electron chi connectivity index (χ0n) is 18.4. The first kappa shape index (κ1) is 24.9. The summed E-state index contributed by atoms with van der Waals surface area (Å²) in [6.45, 7) is 6.90. The summed E-state index contributed by atoms with van der Waals surface area (Å²) in [6.07, 6.45) is 10.3. The van der Waals surface area contributed by atoms with Crippen molar-refractivity contribution >= 4 is 11.3 Å². The molecule has 0 fully saturated rings. The van der Waals surface area contributed by atoms with Gasteiger partial charge < -0.3 is 26.0 Å². The van der Waals surface area contributed by atoms with E-state index in [9.17, 15) is 5.11 Å². The molecule has 0 saturated carbocycles. The van der Waals surface area contributed by atoms with E-state index < -0.39 is 0 Å². The van der Waals surface area contributed by atoms with Crippen LogP contribution >= 0.6 is 0 Å². The van der Waals surface area contributed by atoms with Crippen LogP contribution in [-0.4, -0.2) is 23.9 Å². The molecule has 5 nitrogen and oxygen atoms in total. The number of hydrogen-bond acceptors (Lipinski definition) is 5. The van der Waals surface area contributed by atoms with Crippen LogP contribution in [0.25, 0.3) is 5.57 Å². The summed E-state index contributed by atoms with van der Waals surface area (Å²) in [5.41, 5.74) is 9.11. The number of phenols is 2. The minimum absolute atomic E-state index is 0.181. The van der Waals surface area contributed by atoms with Crippen molar-refractivity contribution in [3.05, 3.63) is 78.0 Å². The fourth-order valence-corrected chi connectivity index (χ4v) is 2.71. The van der Waals surface area contributed by atoms with Gasteiger partial charge in [-0.25, -0.2) is 0 Å². The number of hydrogen-bond donors (Lipinski definition) is 4. The fraction of sp³-hybridized carbons (Fsp3) is 0.280. The maximum Gasteiger partial charge on any atom is 0.160 e. The molecule has 0 unspecified atom stereocenters. The van der Waals surface area contributed by atoms with Crippen molar-refractivity contribution in [1.29, 1.82) is 0 Å². The van der Waals surface area contributed by atoms with E-state index in [2.05, 4.69) is 31.3 Å². The van der Waals surface area contributed by atoms with Gasteiger partial charge in [0.2, 0.25) is 0 Å². The number of ether oxygens (including phenoxy) is 1. The van der Waals surface area contributed by atoms with Crippen LogP contribution in [0.2, 0.25) is 0 Å². The molecule has 0 saturated heterocycles. The van der Waals surface area contributed by atoms with Crippen molar-refractivity contribution < 1.29 is 14.9 Å². The Morgan fingerprint density at radius 2 is 1.53 bits per heavy atom. The number of para-hydroxylation sites is 2. The molecule has 0 atom stereocenters. The normalized spacial score (nSPS) is 12.4. The van der Waals surface area contributed by atoms with Gasteiger partial charge in [-0.2, -0.15) is 0 Å². The lowest BCUT2D eigenvalue weighted by Gasteiger charge is -2.23. The molecule has 2 aliphatic rings. The summed E-state index contributed by atoms with van der Waals surface area (Å²) in [4.78, 5) is 0. The molecular weight excluding hydrogens is 376 g/mol. The topological polar surface area (TPSA) is 87.7 Å². The van der Waals surface area contributed by atoms with Crippen LogP contribution < -0.4 is 15.8 Å². The molecule has 4 rings (SSSR count). The Morgan fingerprint density at radius 3 is 2.13 bits per heavy atom. The highest BCUT2D eigenvalue weighted by Gasteiger charge is 2.19. The maximum atomic E-state index is 9.84. The molecule has 1 heterocycles. The molecule has 2 aromatic rings. The van der Waals surface area contributed by atoms with E-state index in [0.717, 1.165) is 24.2 Å². The molecule has 0 aromatic heterocycles. The van der Waals surface area contributed by atoms with Gasteiger partial charge in [-0.05, 0) is 42.5 Å². The van der Waals surface area contributed by atoms with Crippen LogP contribution in [0, 0.1) is 0 Å². The van der Waals surface area contributed by atoms with E-state index >= 15 is 0 Å². The minimum Gasteiger partial charge on any atom is -0.507 e. The smallest absolute Gasteiger partial charge is 0.160 e. The summed E-state index contributed by atoms with van der Waals surface area (Å²) in [5.74, 6) is 1.04. The first-order valence-corrected chi connectivity index (χ1v) is 10.2. The third-order valence-corrected chi connectivity index (χ3v) is 3.83. The van der Waals surface area contributed by atoms with E-state index in [1.54, 1.807) is 30.3 Å². The van der Waals surface area contributed by atoms with Gasteiger partial charge in [-0.3, -0.25) is 0 Å². The van der Waals surface area contributed by atoms with Gasteiger partial charge in [0.15, 0.2) is 11.5 Å². The quantitative estimate of drug-likeness (QED) is 0.475. The van der Waals surface area contributed by atoms with Gasteiger partial charge in [-0.15, -0.1) is 0 Å². The summed E-state index contributed by atoms with van der Waals surface area (Å²) in [5, 5.41) is 22.1. The molecule has 0 amide bonds. The van der Waals surface area contributed by atoms with E-state index in [1.165, 1.54) is 24.8 Å². The van der Waals surface area contributed by atoms with Crippen molar-refractivity contribution in [2.24, 2.45) is 5.73 Å². The second-order valence-corrected chi connectivity index (χ2v) is 6.56. The van der Waals surface area contributed by atoms with Gasteiger partial charge in [0.05, 0.1) is 7.11 Å². The van der Waals surface area contributed by atoms with Gasteiger partial charge in [0.1, 0.15) is 5.75 Å². The average molecular weight is 411 g/mol. The Kier molecular flexibility index (Phi) is 11.5. The van der Waals surface area contributed by atoms with Crippen molar-refractivity contribution in [1.82, 2.24) is 0 Å². The zero-order chi connectivity index (χ0) is 22.4. The molecule has 2 aromatic carbocycles. The Hall–Kier alpha value is -3.18. The van der Waals surface area contributed by atoms with Gasteiger partial charge in [0, 0.05) is 23.4 Å². The first-order valence-electron chi connectivity index (χ1n) is 10.2. The number of benzene rings is 2. The Balaban J connectivity index is 0.000000257. The molecule has 2 bridgehead atoms. The Labute approximate surface area is 180 Å². The van der Waals surface area contributed by atoms with Gasteiger partial charge in [-0.1, -0.05) is 63.6 Å². The summed E-state index contributed by atoms with van der Waals surface area (Å²) >= 11 is 0. The lowest BCUT2D eigenvalue weighted by atomic mass is 9.94. The molecule has 30 heavy (non-hydrogen) atoms. The van der Waals surface area contributed by atoms with Gasteiger partial charge >= 0.3 is 0 Å². The molecule has 5 heteroatoms. The van der Waals surface area contributed by atoms with Gasteiger partial charge in [0.25, 0.3) is 0 Å². The average Bonchev–Trinajstić information content (AvgIpc) is 2.91. The maximum absolute atomic E-state index is 9.84. The predicted molar refractivity (Wildman–Crippen MR) is 127 cm³/mol. The number of fused-ring (bicyclic) bond motifs is 4. The molecule has 162 valence electrons. The first-order chi connectivity index (χ1) is 14.5. The second kappa shape index (κ2) is 13.9. The summed E-state index contributed by atoms with van der Waals surface area (Å²) in [6, 6.07) is 12.4. The molecular formula is C25H34N2O3. The number of aromatic hydroxyl groups is 2. The fourth-order valence-electron chi connectivity index (χ4n) is 2.71. The molecule has 5 N–H and O–H groups in total. The van der Waals surface area contributed by atoms with E-state index in [1.807, 2.05) is 31.2 Å². The largest absolute Gasteiger partial charge is 0.507 e. The zero-order valence-corrected chi connectivity index (χ0v) is 18.4. The van der Waals surface area contributed by atoms with E-state index in [4.69, 9.17) is 15.6 Å². The summed E-state index contributed by atoms with van der Waals surface area (Å²) < 4.78 is 4.79. The molecule has 0 spiro atoms. The monoisotopic (exact) mass is 410 g/mol. The van der Waals surface area contributed by atoms with Crippen LogP contribution in [0.4, 0.5) is 5.69 Å². The number of phenolic OH excluding ortho intramolecular Hbond substituents is 2. The number of rotatable bonds is 1. The van der Waals surface area contributed by atoms with Crippen LogP contribution in [0.15, 0.2) is 72.5 Å². The third kappa shape index (κ3) is 7.68. The third-order valence-electron chi connectivity index (χ3n) is 3.83. The Bertz CT molecular complexity index is 868. The van der Waals surface area contributed by atoms with E-state index in [0.29, 0.717) is 11.5 Å². The highest BCUT2D eigenvalue weighted by Crippen LogP contribution is 2.40. The van der Waals surface area contributed by atoms with Crippen molar-refractivity contribution in [3.63, 3.8) is 0 Å². The van der Waals surface area contributed by atoms with Crippen LogP contribution in [0.1, 0.15) is 39.2 Å². The SMILES string of the molecule is CCC.CCN.COc1ccccc1O.Oc1cccc2c1C1=CC=CC=C(C1)N2.